The van der Waals surface area contributed by atoms with Gasteiger partial charge >= 0.3 is 12.2 Å². The van der Waals surface area contributed by atoms with Crippen molar-refractivity contribution in [2.45, 2.75) is 32.1 Å². The zero-order valence-corrected chi connectivity index (χ0v) is 12.3. The summed E-state index contributed by atoms with van der Waals surface area (Å²) in [6.45, 7) is 1.88. The fraction of sp³-hybridized carbons (Fsp3) is 0.500. The minimum absolute atomic E-state index is 0.107. The van der Waals surface area contributed by atoms with Gasteiger partial charge in [-0.25, -0.2) is 4.79 Å². The van der Waals surface area contributed by atoms with Gasteiger partial charge < -0.3 is 5.32 Å². The van der Waals surface area contributed by atoms with Gasteiger partial charge in [0.2, 0.25) is 5.91 Å². The Hall–Kier alpha value is -1.61. The number of alkyl halides is 3. The van der Waals surface area contributed by atoms with Crippen molar-refractivity contribution in [2.24, 2.45) is 0 Å². The van der Waals surface area contributed by atoms with Crippen LogP contribution in [-0.4, -0.2) is 30.7 Å². The van der Waals surface area contributed by atoms with Gasteiger partial charge in [0, 0.05) is 10.9 Å². The highest BCUT2D eigenvalue weighted by molar-refractivity contribution is 7.10. The number of urea groups is 1. The van der Waals surface area contributed by atoms with Crippen molar-refractivity contribution in [1.29, 1.82) is 0 Å². The summed E-state index contributed by atoms with van der Waals surface area (Å²) < 4.78 is 35.7. The number of hydrogen-bond acceptors (Lipinski definition) is 4. The molecule has 9 heteroatoms. The molecule has 0 spiro atoms. The average Bonchev–Trinajstić information content (AvgIpc) is 2.89. The molecule has 21 heavy (non-hydrogen) atoms. The van der Waals surface area contributed by atoms with E-state index in [0.29, 0.717) is 0 Å². The van der Waals surface area contributed by atoms with Crippen LogP contribution < -0.4 is 16.0 Å². The number of thiophene rings is 1. The number of carbonyl (C=O) groups excluding carboxylic acids is 2. The van der Waals surface area contributed by atoms with Crippen LogP contribution in [0.15, 0.2) is 17.5 Å². The molecule has 3 amide bonds. The van der Waals surface area contributed by atoms with Crippen molar-refractivity contribution in [3.63, 3.8) is 0 Å². The third-order valence-electron chi connectivity index (χ3n) is 2.55. The number of amides is 3. The highest BCUT2D eigenvalue weighted by Gasteiger charge is 2.28. The van der Waals surface area contributed by atoms with E-state index >= 15 is 0 Å². The van der Waals surface area contributed by atoms with Gasteiger partial charge in [-0.05, 0) is 25.3 Å². The van der Waals surface area contributed by atoms with Crippen LogP contribution in [0.5, 0.6) is 0 Å². The minimum atomic E-state index is -4.52. The average molecular weight is 323 g/mol. The third-order valence-corrected chi connectivity index (χ3v) is 3.60. The Bertz CT molecular complexity index is 477. The van der Waals surface area contributed by atoms with Crippen molar-refractivity contribution in [3.05, 3.63) is 22.4 Å². The first-order chi connectivity index (χ1) is 9.69. The Balaban J connectivity index is 2.39. The molecule has 0 aliphatic carbocycles. The number of carbonyl (C=O) groups is 2. The van der Waals surface area contributed by atoms with Crippen molar-refractivity contribution in [2.75, 3.05) is 6.54 Å². The molecule has 2 unspecified atom stereocenters. The molecular weight excluding hydrogens is 307 g/mol. The molecule has 1 aromatic rings. The fourth-order valence-corrected chi connectivity index (χ4v) is 2.26. The van der Waals surface area contributed by atoms with Crippen molar-refractivity contribution >= 4 is 23.3 Å². The molecule has 118 valence electrons. The Morgan fingerprint density at radius 2 is 2.00 bits per heavy atom. The zero-order valence-electron chi connectivity index (χ0n) is 11.5. The summed E-state index contributed by atoms with van der Waals surface area (Å²) in [5, 5.41) is 8.27. The van der Waals surface area contributed by atoms with Gasteiger partial charge in [0.1, 0.15) is 6.54 Å². The van der Waals surface area contributed by atoms with E-state index in [1.165, 1.54) is 18.3 Å². The van der Waals surface area contributed by atoms with Crippen molar-refractivity contribution in [3.8, 4) is 0 Å². The lowest BCUT2D eigenvalue weighted by molar-refractivity contribution is -0.125. The molecule has 0 aliphatic heterocycles. The van der Waals surface area contributed by atoms with Crippen molar-refractivity contribution < 1.29 is 22.8 Å². The first-order valence-corrected chi connectivity index (χ1v) is 7.02. The lowest BCUT2D eigenvalue weighted by atomic mass is 10.2. The number of rotatable bonds is 5. The van der Waals surface area contributed by atoms with Gasteiger partial charge in [-0.2, -0.15) is 13.2 Å². The highest BCUT2D eigenvalue weighted by Crippen LogP contribution is 2.18. The molecule has 0 saturated carbocycles. The number of halogens is 3. The van der Waals surface area contributed by atoms with Crippen LogP contribution in [0.3, 0.4) is 0 Å². The summed E-state index contributed by atoms with van der Waals surface area (Å²) in [4.78, 5) is 23.8. The number of hydrogen-bond donors (Lipinski definition) is 3. The minimum Gasteiger partial charge on any atom is -0.329 e. The fourth-order valence-electron chi connectivity index (χ4n) is 1.52. The maximum atomic E-state index is 11.9. The summed E-state index contributed by atoms with van der Waals surface area (Å²) >= 11 is 1.51. The quantitative estimate of drug-likeness (QED) is 0.778. The first kappa shape index (κ1) is 17.4. The molecule has 0 aromatic carbocycles. The van der Waals surface area contributed by atoms with Gasteiger partial charge in [0.05, 0.1) is 6.04 Å². The second-order valence-corrected chi connectivity index (χ2v) is 5.39. The van der Waals surface area contributed by atoms with E-state index in [2.05, 4.69) is 5.32 Å². The summed E-state index contributed by atoms with van der Waals surface area (Å²) in [6, 6.07) is 1.76. The largest absolute Gasteiger partial charge is 0.405 e. The van der Waals surface area contributed by atoms with Gasteiger partial charge in [-0.15, -0.1) is 11.3 Å². The van der Waals surface area contributed by atoms with Crippen LogP contribution in [0.4, 0.5) is 18.0 Å². The van der Waals surface area contributed by atoms with Crippen LogP contribution in [0.2, 0.25) is 0 Å². The Morgan fingerprint density at radius 1 is 1.33 bits per heavy atom. The van der Waals surface area contributed by atoms with E-state index in [0.717, 1.165) is 4.88 Å². The molecule has 2 atom stereocenters. The molecule has 0 radical (unpaired) electrons. The van der Waals surface area contributed by atoms with E-state index in [4.69, 9.17) is 0 Å². The molecule has 1 heterocycles. The SMILES string of the molecule is CC(NC(C)c1cccs1)C(=O)NC(=O)NCC(F)(F)F. The van der Waals surface area contributed by atoms with E-state index in [-0.39, 0.29) is 6.04 Å². The number of imide groups is 1. The summed E-state index contributed by atoms with van der Waals surface area (Å²) in [7, 11) is 0. The summed E-state index contributed by atoms with van der Waals surface area (Å²) in [5.74, 6) is -0.696. The van der Waals surface area contributed by atoms with Crippen LogP contribution in [0.25, 0.3) is 0 Å². The normalized spacial score (nSPS) is 14.3. The predicted molar refractivity (Wildman–Crippen MR) is 72.9 cm³/mol. The van der Waals surface area contributed by atoms with E-state index in [1.54, 1.807) is 5.32 Å². The Morgan fingerprint density at radius 3 is 2.52 bits per heavy atom. The Kier molecular flexibility index (Phi) is 6.16. The van der Waals surface area contributed by atoms with Crippen molar-refractivity contribution in [1.82, 2.24) is 16.0 Å². The molecule has 3 N–H and O–H groups in total. The van der Waals surface area contributed by atoms with Crippen LogP contribution in [-0.2, 0) is 4.79 Å². The van der Waals surface area contributed by atoms with Gasteiger partial charge in [-0.3, -0.25) is 15.4 Å². The maximum absolute atomic E-state index is 11.9. The van der Waals surface area contributed by atoms with Gasteiger partial charge in [0.15, 0.2) is 0 Å². The molecule has 0 saturated heterocycles. The topological polar surface area (TPSA) is 70.2 Å². The Labute approximate surface area is 123 Å². The second kappa shape index (κ2) is 7.41. The smallest absolute Gasteiger partial charge is 0.329 e. The monoisotopic (exact) mass is 323 g/mol. The van der Waals surface area contributed by atoms with Gasteiger partial charge in [0.25, 0.3) is 0 Å². The molecule has 0 bridgehead atoms. The molecule has 1 rings (SSSR count). The zero-order chi connectivity index (χ0) is 16.0. The third kappa shape index (κ3) is 6.58. The lowest BCUT2D eigenvalue weighted by Crippen LogP contribution is -2.49. The summed E-state index contributed by atoms with van der Waals surface area (Å²) in [5.41, 5.74) is 0. The molecule has 0 fully saturated rings. The molecule has 5 nitrogen and oxygen atoms in total. The van der Waals surface area contributed by atoms with Crippen LogP contribution in [0.1, 0.15) is 24.8 Å². The molecule has 1 aromatic heterocycles. The van der Waals surface area contributed by atoms with E-state index < -0.39 is 30.7 Å². The number of nitrogens with one attached hydrogen (secondary N) is 3. The molecule has 0 aliphatic rings. The highest BCUT2D eigenvalue weighted by atomic mass is 32.1. The van der Waals surface area contributed by atoms with Crippen LogP contribution in [0, 0.1) is 0 Å². The van der Waals surface area contributed by atoms with Crippen LogP contribution >= 0.6 is 11.3 Å². The lowest BCUT2D eigenvalue weighted by Gasteiger charge is -2.18. The summed E-state index contributed by atoms with van der Waals surface area (Å²) in [6.07, 6.45) is -4.52. The maximum Gasteiger partial charge on any atom is 0.405 e. The van der Waals surface area contributed by atoms with E-state index in [9.17, 15) is 22.8 Å². The first-order valence-electron chi connectivity index (χ1n) is 6.14. The van der Waals surface area contributed by atoms with Gasteiger partial charge in [-0.1, -0.05) is 6.07 Å². The standard InChI is InChI=1S/C12H16F3N3O2S/c1-7(9-4-3-5-21-9)17-8(2)10(19)18-11(20)16-6-12(13,14)15/h3-5,7-8,17H,6H2,1-2H3,(H2,16,18,19,20). The second-order valence-electron chi connectivity index (χ2n) is 4.41. The predicted octanol–water partition coefficient (Wildman–Crippen LogP) is 2.18. The molecular formula is C12H16F3N3O2S. The van der Waals surface area contributed by atoms with E-state index in [1.807, 2.05) is 29.8 Å².